The second kappa shape index (κ2) is 6.74. The van der Waals surface area contributed by atoms with Crippen LogP contribution in [0, 0.1) is 5.92 Å². The first-order valence-electron chi connectivity index (χ1n) is 5.98. The highest BCUT2D eigenvalue weighted by molar-refractivity contribution is 5.94. The van der Waals surface area contributed by atoms with Crippen LogP contribution in [0.3, 0.4) is 0 Å². The van der Waals surface area contributed by atoms with E-state index < -0.39 is 11.9 Å². The molecule has 98 valence electrons. The van der Waals surface area contributed by atoms with Crippen LogP contribution in [0.25, 0.3) is 0 Å². The minimum Gasteiger partial charge on any atom is -0.481 e. The standard InChI is InChI=1S/C13H18N2O3/c1-3-7-15(9-10(2)13(17)18)12(16)11-5-4-6-14-8-11/h4-6,8,10H,3,7,9H2,1-2H3,(H,17,18). The van der Waals surface area contributed by atoms with Crippen LogP contribution in [0.2, 0.25) is 0 Å². The summed E-state index contributed by atoms with van der Waals surface area (Å²) < 4.78 is 0. The van der Waals surface area contributed by atoms with Crippen LogP contribution in [-0.4, -0.2) is 40.0 Å². The van der Waals surface area contributed by atoms with Gasteiger partial charge in [-0.05, 0) is 18.6 Å². The van der Waals surface area contributed by atoms with Crippen LogP contribution in [0.1, 0.15) is 30.6 Å². The van der Waals surface area contributed by atoms with E-state index in [2.05, 4.69) is 4.98 Å². The molecule has 0 aliphatic heterocycles. The predicted molar refractivity (Wildman–Crippen MR) is 67.2 cm³/mol. The molecule has 0 aromatic carbocycles. The van der Waals surface area contributed by atoms with Gasteiger partial charge in [-0.25, -0.2) is 0 Å². The maximum absolute atomic E-state index is 12.2. The Morgan fingerprint density at radius 2 is 2.22 bits per heavy atom. The first-order valence-corrected chi connectivity index (χ1v) is 5.98. The molecule has 1 atom stereocenters. The second-order valence-electron chi connectivity index (χ2n) is 4.23. The molecular weight excluding hydrogens is 232 g/mol. The Kier molecular flexibility index (Phi) is 5.30. The van der Waals surface area contributed by atoms with Crippen molar-refractivity contribution >= 4 is 11.9 Å². The lowest BCUT2D eigenvalue weighted by molar-refractivity contribution is -0.141. The van der Waals surface area contributed by atoms with Gasteiger partial charge in [-0.3, -0.25) is 14.6 Å². The van der Waals surface area contributed by atoms with Crippen LogP contribution in [0.5, 0.6) is 0 Å². The largest absolute Gasteiger partial charge is 0.481 e. The van der Waals surface area contributed by atoms with Gasteiger partial charge in [0.2, 0.25) is 0 Å². The number of hydrogen-bond donors (Lipinski definition) is 1. The Labute approximate surface area is 106 Å². The van der Waals surface area contributed by atoms with Gasteiger partial charge in [-0.2, -0.15) is 0 Å². The average Bonchev–Trinajstić information content (AvgIpc) is 2.38. The zero-order chi connectivity index (χ0) is 13.5. The lowest BCUT2D eigenvalue weighted by Gasteiger charge is -2.23. The summed E-state index contributed by atoms with van der Waals surface area (Å²) in [6, 6.07) is 3.38. The van der Waals surface area contributed by atoms with Crippen molar-refractivity contribution in [2.45, 2.75) is 20.3 Å². The topological polar surface area (TPSA) is 70.5 Å². The van der Waals surface area contributed by atoms with E-state index in [9.17, 15) is 9.59 Å². The smallest absolute Gasteiger partial charge is 0.308 e. The van der Waals surface area contributed by atoms with Gasteiger partial charge in [0.15, 0.2) is 0 Å². The fourth-order valence-corrected chi connectivity index (χ4v) is 1.63. The normalized spacial score (nSPS) is 11.9. The molecule has 0 fully saturated rings. The molecule has 0 saturated carbocycles. The van der Waals surface area contributed by atoms with Crippen molar-refractivity contribution in [2.75, 3.05) is 13.1 Å². The van der Waals surface area contributed by atoms with E-state index >= 15 is 0 Å². The quantitative estimate of drug-likeness (QED) is 0.833. The van der Waals surface area contributed by atoms with Crippen LogP contribution in [0.15, 0.2) is 24.5 Å². The zero-order valence-electron chi connectivity index (χ0n) is 10.7. The number of pyridine rings is 1. The van der Waals surface area contributed by atoms with Crippen LogP contribution < -0.4 is 0 Å². The molecule has 0 bridgehead atoms. The molecule has 0 saturated heterocycles. The molecule has 0 radical (unpaired) electrons. The van der Waals surface area contributed by atoms with Gasteiger partial charge in [-0.15, -0.1) is 0 Å². The summed E-state index contributed by atoms with van der Waals surface area (Å²) >= 11 is 0. The van der Waals surface area contributed by atoms with Gasteiger partial charge in [0.25, 0.3) is 5.91 Å². The van der Waals surface area contributed by atoms with Crippen molar-refractivity contribution in [1.29, 1.82) is 0 Å². The Morgan fingerprint density at radius 3 is 2.72 bits per heavy atom. The summed E-state index contributed by atoms with van der Waals surface area (Å²) in [5.41, 5.74) is 0.489. The molecule has 1 heterocycles. The monoisotopic (exact) mass is 250 g/mol. The van der Waals surface area contributed by atoms with Crippen molar-refractivity contribution in [3.63, 3.8) is 0 Å². The number of carbonyl (C=O) groups excluding carboxylic acids is 1. The molecule has 0 aliphatic carbocycles. The number of carboxylic acid groups (broad SMARTS) is 1. The van der Waals surface area contributed by atoms with Crippen molar-refractivity contribution < 1.29 is 14.7 Å². The van der Waals surface area contributed by atoms with Crippen molar-refractivity contribution in [3.05, 3.63) is 30.1 Å². The molecule has 1 aromatic rings. The summed E-state index contributed by atoms with van der Waals surface area (Å²) in [6.07, 6.45) is 3.88. The molecule has 5 heteroatoms. The molecule has 1 N–H and O–H groups in total. The Bertz CT molecular complexity index is 406. The number of carboxylic acids is 1. The molecule has 1 unspecified atom stereocenters. The van der Waals surface area contributed by atoms with Gasteiger partial charge in [-0.1, -0.05) is 13.8 Å². The summed E-state index contributed by atoms with van der Waals surface area (Å²) in [7, 11) is 0. The number of nitrogens with zero attached hydrogens (tertiary/aromatic N) is 2. The molecule has 1 amide bonds. The van der Waals surface area contributed by atoms with Gasteiger partial charge in [0, 0.05) is 25.5 Å². The third kappa shape index (κ3) is 3.84. The van der Waals surface area contributed by atoms with E-state index in [1.165, 1.54) is 6.20 Å². The van der Waals surface area contributed by atoms with E-state index in [-0.39, 0.29) is 12.5 Å². The summed E-state index contributed by atoms with van der Waals surface area (Å²) in [5, 5.41) is 8.90. The first-order chi connectivity index (χ1) is 8.56. The maximum Gasteiger partial charge on any atom is 0.308 e. The van der Waals surface area contributed by atoms with Crippen LogP contribution in [0.4, 0.5) is 0 Å². The number of hydrogen-bond acceptors (Lipinski definition) is 3. The number of aliphatic carboxylic acids is 1. The average molecular weight is 250 g/mol. The second-order valence-corrected chi connectivity index (χ2v) is 4.23. The van der Waals surface area contributed by atoms with Crippen molar-refractivity contribution in [1.82, 2.24) is 9.88 Å². The SMILES string of the molecule is CCCN(CC(C)C(=O)O)C(=O)c1cccnc1. The van der Waals surface area contributed by atoms with Crippen molar-refractivity contribution in [3.8, 4) is 0 Å². The first kappa shape index (κ1) is 14.2. The third-order valence-corrected chi connectivity index (χ3v) is 2.61. The molecule has 18 heavy (non-hydrogen) atoms. The highest BCUT2D eigenvalue weighted by atomic mass is 16.4. The van der Waals surface area contributed by atoms with Gasteiger partial charge < -0.3 is 10.0 Å². The summed E-state index contributed by atoms with van der Waals surface area (Å²) in [4.78, 5) is 28.5. The molecule has 1 aromatic heterocycles. The lowest BCUT2D eigenvalue weighted by Crippen LogP contribution is -2.37. The Hall–Kier alpha value is -1.91. The van der Waals surface area contributed by atoms with E-state index in [1.807, 2.05) is 6.92 Å². The Morgan fingerprint density at radius 1 is 1.50 bits per heavy atom. The van der Waals surface area contributed by atoms with E-state index in [0.717, 1.165) is 6.42 Å². The zero-order valence-corrected chi connectivity index (χ0v) is 10.7. The summed E-state index contributed by atoms with van der Waals surface area (Å²) in [6.45, 7) is 4.32. The Balaban J connectivity index is 2.78. The summed E-state index contributed by atoms with van der Waals surface area (Å²) in [5.74, 6) is -1.63. The van der Waals surface area contributed by atoms with E-state index in [1.54, 1.807) is 30.2 Å². The predicted octanol–water partition coefficient (Wildman–Crippen LogP) is 1.65. The van der Waals surface area contributed by atoms with Crippen molar-refractivity contribution in [2.24, 2.45) is 5.92 Å². The number of amides is 1. The number of carbonyl (C=O) groups is 2. The maximum atomic E-state index is 12.2. The molecule has 0 spiro atoms. The van der Waals surface area contributed by atoms with Gasteiger partial charge >= 0.3 is 5.97 Å². The number of rotatable bonds is 6. The molecule has 0 aliphatic rings. The van der Waals surface area contributed by atoms with E-state index in [4.69, 9.17) is 5.11 Å². The van der Waals surface area contributed by atoms with Gasteiger partial charge in [0.1, 0.15) is 0 Å². The minimum absolute atomic E-state index is 0.168. The van der Waals surface area contributed by atoms with Crippen LogP contribution >= 0.6 is 0 Å². The van der Waals surface area contributed by atoms with Gasteiger partial charge in [0.05, 0.1) is 11.5 Å². The van der Waals surface area contributed by atoms with E-state index in [0.29, 0.717) is 12.1 Å². The highest BCUT2D eigenvalue weighted by Crippen LogP contribution is 2.08. The fraction of sp³-hybridized carbons (Fsp3) is 0.462. The molecular formula is C13H18N2O3. The van der Waals surface area contributed by atoms with Crippen LogP contribution in [-0.2, 0) is 4.79 Å². The molecule has 1 rings (SSSR count). The fourth-order valence-electron chi connectivity index (χ4n) is 1.63. The number of aromatic nitrogens is 1. The lowest BCUT2D eigenvalue weighted by atomic mass is 10.1. The minimum atomic E-state index is -0.893. The molecule has 5 nitrogen and oxygen atoms in total. The highest BCUT2D eigenvalue weighted by Gasteiger charge is 2.20. The third-order valence-electron chi connectivity index (χ3n) is 2.61.